The standard InChI is InChI=1S/C13H19N3O2S/c1-16-10-11(9-14-4-6-18-7-5-17)13(15-16)12-3-2-8-19-12/h2-3,8,10,14,17H,4-7,9H2,1H3. The number of thiophene rings is 1. The van der Waals surface area contributed by atoms with Crippen molar-refractivity contribution in [2.24, 2.45) is 7.05 Å². The first-order valence-corrected chi connectivity index (χ1v) is 7.15. The van der Waals surface area contributed by atoms with Gasteiger partial charge in [-0.05, 0) is 11.4 Å². The van der Waals surface area contributed by atoms with Gasteiger partial charge in [0.05, 0.1) is 24.7 Å². The zero-order valence-electron chi connectivity index (χ0n) is 11.0. The lowest BCUT2D eigenvalue weighted by molar-refractivity contribution is 0.0938. The van der Waals surface area contributed by atoms with E-state index in [2.05, 4.69) is 21.9 Å². The monoisotopic (exact) mass is 281 g/mol. The molecule has 0 radical (unpaired) electrons. The molecule has 2 rings (SSSR count). The van der Waals surface area contributed by atoms with Gasteiger partial charge in [0, 0.05) is 31.9 Å². The molecule has 0 atom stereocenters. The molecule has 0 saturated heterocycles. The van der Waals surface area contributed by atoms with Crippen LogP contribution in [0.15, 0.2) is 23.7 Å². The van der Waals surface area contributed by atoms with Crippen molar-refractivity contribution in [1.82, 2.24) is 15.1 Å². The third kappa shape index (κ3) is 4.14. The quantitative estimate of drug-likeness (QED) is 0.715. The summed E-state index contributed by atoms with van der Waals surface area (Å²) in [5.41, 5.74) is 2.23. The maximum absolute atomic E-state index is 8.59. The summed E-state index contributed by atoms with van der Waals surface area (Å²) in [5.74, 6) is 0. The van der Waals surface area contributed by atoms with Crippen LogP contribution in [0.2, 0.25) is 0 Å². The van der Waals surface area contributed by atoms with Crippen molar-refractivity contribution in [2.45, 2.75) is 6.54 Å². The van der Waals surface area contributed by atoms with Crippen molar-refractivity contribution in [2.75, 3.05) is 26.4 Å². The van der Waals surface area contributed by atoms with Gasteiger partial charge < -0.3 is 15.2 Å². The molecule has 5 nitrogen and oxygen atoms in total. The van der Waals surface area contributed by atoms with Crippen LogP contribution < -0.4 is 5.32 Å². The van der Waals surface area contributed by atoms with E-state index in [-0.39, 0.29) is 6.61 Å². The molecule has 0 aliphatic rings. The van der Waals surface area contributed by atoms with E-state index in [9.17, 15) is 0 Å². The normalized spacial score (nSPS) is 11.1. The second kappa shape index (κ2) is 7.40. The second-order valence-electron chi connectivity index (χ2n) is 4.17. The van der Waals surface area contributed by atoms with Gasteiger partial charge in [-0.2, -0.15) is 5.10 Å². The SMILES string of the molecule is Cn1cc(CNCCOCCO)c(-c2cccs2)n1. The molecule has 2 aromatic heterocycles. The van der Waals surface area contributed by atoms with E-state index >= 15 is 0 Å². The Morgan fingerprint density at radius 3 is 3.11 bits per heavy atom. The molecule has 0 aliphatic carbocycles. The molecule has 0 aromatic carbocycles. The number of aliphatic hydroxyl groups is 1. The van der Waals surface area contributed by atoms with E-state index in [4.69, 9.17) is 9.84 Å². The highest BCUT2D eigenvalue weighted by Gasteiger charge is 2.10. The van der Waals surface area contributed by atoms with Gasteiger partial charge in [0.1, 0.15) is 5.69 Å². The Balaban J connectivity index is 1.86. The lowest BCUT2D eigenvalue weighted by Gasteiger charge is -2.05. The molecular formula is C13H19N3O2S. The molecule has 2 N–H and O–H groups in total. The van der Waals surface area contributed by atoms with Gasteiger partial charge in [0.25, 0.3) is 0 Å². The molecule has 0 bridgehead atoms. The number of nitrogens with zero attached hydrogens (tertiary/aromatic N) is 2. The van der Waals surface area contributed by atoms with Crippen LogP contribution in [0.25, 0.3) is 10.6 Å². The van der Waals surface area contributed by atoms with E-state index in [0.717, 1.165) is 18.8 Å². The van der Waals surface area contributed by atoms with Gasteiger partial charge in [0.2, 0.25) is 0 Å². The third-order valence-electron chi connectivity index (χ3n) is 2.63. The summed E-state index contributed by atoms with van der Waals surface area (Å²) in [4.78, 5) is 1.19. The molecule has 0 saturated carbocycles. The van der Waals surface area contributed by atoms with Crippen LogP contribution in [0.3, 0.4) is 0 Å². The van der Waals surface area contributed by atoms with Crippen molar-refractivity contribution >= 4 is 11.3 Å². The first kappa shape index (κ1) is 14.2. The average molecular weight is 281 g/mol. The fourth-order valence-electron chi connectivity index (χ4n) is 1.82. The van der Waals surface area contributed by atoms with Crippen molar-refractivity contribution in [3.63, 3.8) is 0 Å². The van der Waals surface area contributed by atoms with Crippen molar-refractivity contribution in [3.05, 3.63) is 29.3 Å². The van der Waals surface area contributed by atoms with E-state index in [0.29, 0.717) is 13.2 Å². The molecular weight excluding hydrogens is 262 g/mol. The average Bonchev–Trinajstić information content (AvgIpc) is 3.02. The minimum Gasteiger partial charge on any atom is -0.394 e. The van der Waals surface area contributed by atoms with Crippen LogP contribution in [-0.2, 0) is 18.3 Å². The van der Waals surface area contributed by atoms with E-state index in [1.165, 1.54) is 10.4 Å². The fourth-order valence-corrected chi connectivity index (χ4v) is 2.57. The summed E-state index contributed by atoms with van der Waals surface area (Å²) in [6.45, 7) is 2.61. The highest BCUT2D eigenvalue weighted by atomic mass is 32.1. The number of rotatable bonds is 8. The minimum absolute atomic E-state index is 0.0745. The summed E-state index contributed by atoms with van der Waals surface area (Å²) in [5, 5.41) is 18.5. The Labute approximate surface area is 116 Å². The number of aryl methyl sites for hydroxylation is 1. The van der Waals surface area contributed by atoms with Gasteiger partial charge in [-0.25, -0.2) is 0 Å². The highest BCUT2D eigenvalue weighted by Crippen LogP contribution is 2.26. The van der Waals surface area contributed by atoms with Crippen molar-refractivity contribution < 1.29 is 9.84 Å². The lowest BCUT2D eigenvalue weighted by atomic mass is 10.2. The Hall–Kier alpha value is -1.21. The van der Waals surface area contributed by atoms with Gasteiger partial charge in [-0.3, -0.25) is 4.68 Å². The lowest BCUT2D eigenvalue weighted by Crippen LogP contribution is -2.20. The molecule has 0 amide bonds. The number of nitrogens with one attached hydrogen (secondary N) is 1. The number of ether oxygens (including phenoxy) is 1. The maximum atomic E-state index is 8.59. The van der Waals surface area contributed by atoms with E-state index < -0.39 is 0 Å². The van der Waals surface area contributed by atoms with Crippen molar-refractivity contribution in [1.29, 1.82) is 0 Å². The van der Waals surface area contributed by atoms with E-state index in [1.807, 2.05) is 24.0 Å². The Bertz CT molecular complexity index is 482. The molecule has 6 heteroatoms. The van der Waals surface area contributed by atoms with Crippen LogP contribution in [0.5, 0.6) is 0 Å². The Morgan fingerprint density at radius 1 is 1.47 bits per heavy atom. The van der Waals surface area contributed by atoms with Crippen LogP contribution >= 0.6 is 11.3 Å². The summed E-state index contributed by atoms with van der Waals surface area (Å²) < 4.78 is 7.04. The number of hydrogen-bond donors (Lipinski definition) is 2. The summed E-state index contributed by atoms with van der Waals surface area (Å²) in [6, 6.07) is 4.12. The second-order valence-corrected chi connectivity index (χ2v) is 5.11. The Kier molecular flexibility index (Phi) is 5.53. The zero-order valence-corrected chi connectivity index (χ0v) is 11.8. The van der Waals surface area contributed by atoms with Crippen LogP contribution in [0.4, 0.5) is 0 Å². The summed E-state index contributed by atoms with van der Waals surface area (Å²) >= 11 is 1.70. The first-order chi connectivity index (χ1) is 9.31. The van der Waals surface area contributed by atoms with Gasteiger partial charge in [-0.15, -0.1) is 11.3 Å². The minimum atomic E-state index is 0.0745. The topological polar surface area (TPSA) is 59.3 Å². The van der Waals surface area contributed by atoms with Gasteiger partial charge in [-0.1, -0.05) is 6.07 Å². The Morgan fingerprint density at radius 2 is 2.37 bits per heavy atom. The molecule has 0 spiro atoms. The van der Waals surface area contributed by atoms with Crippen molar-refractivity contribution in [3.8, 4) is 10.6 Å². The van der Waals surface area contributed by atoms with Crippen LogP contribution in [0.1, 0.15) is 5.56 Å². The summed E-state index contributed by atoms with van der Waals surface area (Å²) in [7, 11) is 1.94. The van der Waals surface area contributed by atoms with Crippen LogP contribution in [-0.4, -0.2) is 41.3 Å². The largest absolute Gasteiger partial charge is 0.394 e. The smallest absolute Gasteiger partial charge is 0.107 e. The first-order valence-electron chi connectivity index (χ1n) is 6.27. The molecule has 0 aliphatic heterocycles. The van der Waals surface area contributed by atoms with Crippen LogP contribution in [0, 0.1) is 0 Å². The van der Waals surface area contributed by atoms with E-state index in [1.54, 1.807) is 11.3 Å². The van der Waals surface area contributed by atoms with Gasteiger partial charge in [0.15, 0.2) is 0 Å². The highest BCUT2D eigenvalue weighted by molar-refractivity contribution is 7.13. The zero-order chi connectivity index (χ0) is 13.5. The molecule has 2 aromatic rings. The molecule has 104 valence electrons. The summed E-state index contributed by atoms with van der Waals surface area (Å²) in [6.07, 6.45) is 2.04. The molecule has 19 heavy (non-hydrogen) atoms. The fraction of sp³-hybridized carbons (Fsp3) is 0.462. The molecule has 2 heterocycles. The number of aromatic nitrogens is 2. The molecule has 0 unspecified atom stereocenters. The predicted molar refractivity (Wildman–Crippen MR) is 76.1 cm³/mol. The number of hydrogen-bond acceptors (Lipinski definition) is 5. The molecule has 0 fully saturated rings. The third-order valence-corrected chi connectivity index (χ3v) is 3.51. The maximum Gasteiger partial charge on any atom is 0.107 e. The predicted octanol–water partition coefficient (Wildman–Crippen LogP) is 1.25. The number of aliphatic hydroxyl groups excluding tert-OH is 1. The van der Waals surface area contributed by atoms with Gasteiger partial charge >= 0.3 is 0 Å².